The van der Waals surface area contributed by atoms with E-state index in [1.807, 2.05) is 76.9 Å². The second-order valence-corrected chi connectivity index (χ2v) is 24.0. The van der Waals surface area contributed by atoms with Crippen LogP contribution in [0.5, 0.6) is 0 Å². The lowest BCUT2D eigenvalue weighted by Gasteiger charge is -2.49. The largest absolute Gasteiger partial charge is 0.459 e. The zero-order valence-corrected chi connectivity index (χ0v) is 48.1. The Bertz CT molecular complexity index is 1990. The third-order valence-electron chi connectivity index (χ3n) is 16.6. The van der Waals surface area contributed by atoms with Gasteiger partial charge in [0.1, 0.15) is 23.9 Å². The van der Waals surface area contributed by atoms with E-state index < -0.39 is 102 Å². The van der Waals surface area contributed by atoms with Gasteiger partial charge in [0.25, 0.3) is 0 Å². The summed E-state index contributed by atoms with van der Waals surface area (Å²) in [5, 5.41) is 47.8. The molecule has 0 aromatic carbocycles. The van der Waals surface area contributed by atoms with Crippen LogP contribution in [0.4, 0.5) is 0 Å². The molecule has 15 nitrogen and oxygen atoms in total. The van der Waals surface area contributed by atoms with Crippen LogP contribution in [0.1, 0.15) is 149 Å². The Morgan fingerprint density at radius 2 is 1.58 bits per heavy atom. The lowest BCUT2D eigenvalue weighted by Crippen LogP contribution is -2.61. The molecule has 0 aromatic rings. The molecule has 0 amide bonds. The molecule has 4 aliphatic rings. The molecule has 1 aliphatic carbocycles. The van der Waals surface area contributed by atoms with Crippen LogP contribution in [-0.4, -0.2) is 167 Å². The molecule has 4 rings (SSSR count). The van der Waals surface area contributed by atoms with Crippen molar-refractivity contribution >= 4 is 11.9 Å². The molecule has 0 radical (unpaired) electrons. The summed E-state index contributed by atoms with van der Waals surface area (Å²) < 4.78 is 45.2. The molecule has 3 fully saturated rings. The lowest BCUT2D eigenvalue weighted by molar-refractivity contribution is -0.318. The maximum atomic E-state index is 14.6. The van der Waals surface area contributed by atoms with Crippen LogP contribution in [-0.2, 0) is 42.7 Å². The molecule has 0 saturated carbocycles. The summed E-state index contributed by atoms with van der Waals surface area (Å²) in [6.45, 7) is 28.8. The number of aliphatic hydroxyl groups excluding tert-OH is 2. The van der Waals surface area contributed by atoms with Crippen LogP contribution < -0.4 is 0 Å². The SMILES string of the molecule is CC[C@H]1OC(=O)[C@H](C)[C@@H](O[C@H]2C[C@@](C)(OC)[C@@H](O)[C@H](C)O2)[C@H](C)[C@@H](O[C@@H]2O[C@H](C)C[C@H](N(C)C)[C@H]2OC(=O)/C=C(C)/C=C/C=C(C)/C=C/C2=C(C)CCCC2(C)C)[C@](C)(O)C[C@@H](C)CN(C)[C@H](C)[C@@H](O)[C@]1(C)O. The van der Waals surface area contributed by atoms with Crippen molar-refractivity contribution in [2.24, 2.45) is 23.2 Å². The number of carbonyl (C=O) groups excluding carboxylic acids is 2. The zero-order valence-electron chi connectivity index (χ0n) is 48.1. The van der Waals surface area contributed by atoms with Crippen molar-refractivity contribution in [2.75, 3.05) is 34.8 Å². The fourth-order valence-electron chi connectivity index (χ4n) is 11.9. The standard InChI is InChI=1S/C58H98N2O13/c1-20-45-58(15,66)50(62)41(9)60(18)33-36(4)31-56(13,65)52(39(7)48(40(8)53(64)70-45)72-47-32-57(14,67-19)51(63)42(10)69-47)73-54-49(44(59(16)17)30-38(6)68-54)71-46(61)29-35(3)24-21-23-34(2)26-27-43-37(5)25-22-28-55(43,11)12/h21,23-24,26-27,29,36,38-42,44-45,47-52,54,62-63,65-66H,20,22,25,28,30-33H2,1-19H3/b24-21+,27-26+,34-23+,35-29+/t36-,38-,39+,40-,41-,42+,44+,45-,47+,48+,49-,50-,51+,52-,54+,56-,57-,58-/m1/s1. The van der Waals surface area contributed by atoms with Crippen molar-refractivity contribution in [1.82, 2.24) is 9.80 Å². The van der Waals surface area contributed by atoms with Gasteiger partial charge in [-0.2, -0.15) is 0 Å². The Balaban J connectivity index is 1.77. The Morgan fingerprint density at radius 1 is 0.918 bits per heavy atom. The van der Waals surface area contributed by atoms with Crippen LogP contribution in [0.25, 0.3) is 0 Å². The Morgan fingerprint density at radius 3 is 2.18 bits per heavy atom. The van der Waals surface area contributed by atoms with Crippen molar-refractivity contribution < 1.29 is 63.2 Å². The summed E-state index contributed by atoms with van der Waals surface area (Å²) in [5.41, 5.74) is 0.168. The number of aliphatic hydroxyl groups is 4. The third-order valence-corrected chi connectivity index (χ3v) is 16.6. The molecule has 3 aliphatic heterocycles. The third kappa shape index (κ3) is 15.9. The molecule has 15 heteroatoms. The van der Waals surface area contributed by atoms with Gasteiger partial charge in [-0.15, -0.1) is 0 Å². The molecule has 0 bridgehead atoms. The van der Waals surface area contributed by atoms with E-state index >= 15 is 0 Å². The maximum absolute atomic E-state index is 14.6. The monoisotopic (exact) mass is 1030 g/mol. The van der Waals surface area contributed by atoms with Gasteiger partial charge in [-0.1, -0.05) is 76.1 Å². The highest BCUT2D eigenvalue weighted by atomic mass is 16.7. The number of rotatable bonds is 13. The molecule has 0 spiro atoms. The highest BCUT2D eigenvalue weighted by Gasteiger charge is 2.53. The van der Waals surface area contributed by atoms with Crippen LogP contribution in [0.3, 0.4) is 0 Å². The highest BCUT2D eigenvalue weighted by molar-refractivity contribution is 5.83. The second kappa shape index (κ2) is 26.0. The minimum absolute atomic E-state index is 0.0964. The summed E-state index contributed by atoms with van der Waals surface area (Å²) in [6, 6.07) is -0.937. The van der Waals surface area contributed by atoms with E-state index in [-0.39, 0.29) is 42.7 Å². The summed E-state index contributed by atoms with van der Waals surface area (Å²) in [5.74, 6) is -3.41. The number of cyclic esters (lactones) is 1. The number of nitrogens with zero attached hydrogens (tertiary/aromatic N) is 2. The molecule has 3 heterocycles. The topological polar surface area (TPSA) is 186 Å². The van der Waals surface area contributed by atoms with Gasteiger partial charge in [0.2, 0.25) is 0 Å². The predicted molar refractivity (Wildman–Crippen MR) is 284 cm³/mol. The lowest BCUT2D eigenvalue weighted by atomic mass is 9.72. The van der Waals surface area contributed by atoms with Gasteiger partial charge in [0, 0.05) is 38.1 Å². The molecule has 0 aromatic heterocycles. The number of carbonyl (C=O) groups is 2. The normalized spacial score (nSPS) is 41.5. The van der Waals surface area contributed by atoms with Gasteiger partial charge in [0.05, 0.1) is 47.6 Å². The van der Waals surface area contributed by atoms with Gasteiger partial charge < -0.3 is 63.4 Å². The Labute approximate surface area is 439 Å². The zero-order chi connectivity index (χ0) is 55.1. The van der Waals surface area contributed by atoms with E-state index in [0.29, 0.717) is 18.5 Å². The average Bonchev–Trinajstić information content (AvgIpc) is 3.29. The minimum Gasteiger partial charge on any atom is -0.459 e. The number of likely N-dealkylation sites (N-methyl/N-ethyl adjacent to an activating group) is 2. The van der Waals surface area contributed by atoms with Crippen molar-refractivity contribution in [2.45, 2.75) is 239 Å². The summed E-state index contributed by atoms with van der Waals surface area (Å²) in [6.07, 6.45) is 6.26. The molecular formula is C58H98N2O13. The van der Waals surface area contributed by atoms with E-state index in [9.17, 15) is 30.0 Å². The fourth-order valence-corrected chi connectivity index (χ4v) is 11.9. The summed E-state index contributed by atoms with van der Waals surface area (Å²) in [4.78, 5) is 32.5. The van der Waals surface area contributed by atoms with Crippen molar-refractivity contribution in [3.8, 4) is 0 Å². The van der Waals surface area contributed by atoms with Crippen LogP contribution in [0.15, 0.2) is 58.7 Å². The molecule has 73 heavy (non-hydrogen) atoms. The second-order valence-electron chi connectivity index (χ2n) is 24.0. The number of allylic oxidation sites excluding steroid dienone is 9. The predicted octanol–water partition coefficient (Wildman–Crippen LogP) is 7.98. The first kappa shape index (κ1) is 62.7. The average molecular weight is 1030 g/mol. The smallest absolute Gasteiger partial charge is 0.331 e. The van der Waals surface area contributed by atoms with Crippen molar-refractivity contribution in [3.05, 3.63) is 58.7 Å². The molecule has 4 N–H and O–H groups in total. The van der Waals surface area contributed by atoms with E-state index in [2.05, 4.69) is 39.8 Å². The van der Waals surface area contributed by atoms with E-state index in [0.717, 1.165) is 12.0 Å². The van der Waals surface area contributed by atoms with Gasteiger partial charge in [-0.25, -0.2) is 4.79 Å². The number of hydrogen-bond acceptors (Lipinski definition) is 15. The fraction of sp³-hybridized carbons (Fsp3) is 0.793. The van der Waals surface area contributed by atoms with E-state index in [1.54, 1.807) is 41.5 Å². The first-order valence-electron chi connectivity index (χ1n) is 27.0. The van der Waals surface area contributed by atoms with Crippen LogP contribution >= 0.6 is 0 Å². The minimum atomic E-state index is -1.84. The molecule has 418 valence electrons. The highest BCUT2D eigenvalue weighted by Crippen LogP contribution is 2.42. The van der Waals surface area contributed by atoms with Gasteiger partial charge in [0.15, 0.2) is 18.7 Å². The molecular weight excluding hydrogens is 933 g/mol. The van der Waals surface area contributed by atoms with Gasteiger partial charge in [-0.05, 0) is 151 Å². The number of ether oxygens (including phenoxy) is 7. The number of hydrogen-bond donors (Lipinski definition) is 4. The van der Waals surface area contributed by atoms with Gasteiger partial charge in [-0.3, -0.25) is 4.79 Å². The molecule has 3 saturated heterocycles. The first-order chi connectivity index (χ1) is 33.8. The Hall–Kier alpha value is -2.80. The number of esters is 2. The Kier molecular flexibility index (Phi) is 22.4. The summed E-state index contributed by atoms with van der Waals surface area (Å²) >= 11 is 0. The van der Waals surface area contributed by atoms with Gasteiger partial charge >= 0.3 is 11.9 Å². The first-order valence-corrected chi connectivity index (χ1v) is 27.0. The number of methoxy groups -OCH3 is 1. The quantitative estimate of drug-likeness (QED) is 0.0790. The van der Waals surface area contributed by atoms with Crippen molar-refractivity contribution in [1.29, 1.82) is 0 Å². The van der Waals surface area contributed by atoms with E-state index in [4.69, 9.17) is 33.2 Å². The molecule has 18 atom stereocenters. The summed E-state index contributed by atoms with van der Waals surface area (Å²) in [7, 11) is 7.17. The van der Waals surface area contributed by atoms with E-state index in [1.165, 1.54) is 44.1 Å². The molecule has 0 unspecified atom stereocenters. The van der Waals surface area contributed by atoms with Crippen molar-refractivity contribution in [3.63, 3.8) is 0 Å². The van der Waals surface area contributed by atoms with Crippen LogP contribution in [0.2, 0.25) is 0 Å². The maximum Gasteiger partial charge on any atom is 0.331 e. The van der Waals surface area contributed by atoms with Crippen LogP contribution in [0, 0.1) is 23.2 Å².